The summed E-state index contributed by atoms with van der Waals surface area (Å²) < 4.78 is 42.2. The minimum absolute atomic E-state index is 0.00279. The highest BCUT2D eigenvalue weighted by Crippen LogP contribution is 2.37. The molecule has 266 valence electrons. The van der Waals surface area contributed by atoms with Crippen LogP contribution in [-0.2, 0) is 23.8 Å². The third-order valence-corrected chi connectivity index (χ3v) is 10.8. The number of alkyl halides is 3. The number of anilines is 2. The zero-order valence-electron chi connectivity index (χ0n) is 28.5. The van der Waals surface area contributed by atoms with E-state index in [1.54, 1.807) is 22.8 Å². The molecule has 2 aromatic rings. The third kappa shape index (κ3) is 7.92. The number of fused-ring (bicyclic) bond motifs is 1. The molecule has 0 saturated carbocycles. The number of benzene rings is 2. The molecular weight excluding hydrogens is 635 g/mol. The van der Waals surface area contributed by atoms with Crippen LogP contribution >= 0.6 is 0 Å². The first kappa shape index (κ1) is 34.8. The van der Waals surface area contributed by atoms with Gasteiger partial charge >= 0.3 is 18.2 Å². The topological polar surface area (TPSA) is 100 Å². The molecule has 0 aliphatic carbocycles. The van der Waals surface area contributed by atoms with Gasteiger partial charge in [-0.15, -0.1) is 0 Å². The number of carbonyl (C=O) groups excluding carboxylic acids is 3. The Kier molecular flexibility index (Phi) is 10.6. The van der Waals surface area contributed by atoms with Gasteiger partial charge in [-0.3, -0.25) is 4.79 Å². The van der Waals surface area contributed by atoms with Crippen molar-refractivity contribution in [1.82, 2.24) is 24.9 Å². The first-order valence-electron chi connectivity index (χ1n) is 17.6. The van der Waals surface area contributed by atoms with Crippen LogP contribution < -0.4 is 16.0 Å². The van der Waals surface area contributed by atoms with Crippen LogP contribution in [0, 0.1) is 6.92 Å². The van der Waals surface area contributed by atoms with Crippen LogP contribution in [0.15, 0.2) is 36.4 Å². The number of hydrogen-bond acceptors (Lipinski definition) is 5. The van der Waals surface area contributed by atoms with E-state index >= 15 is 0 Å². The average molecular weight is 684 g/mol. The molecule has 3 N–H and O–H groups in total. The molecule has 0 radical (unpaired) electrons. The van der Waals surface area contributed by atoms with Crippen molar-refractivity contribution in [1.29, 1.82) is 0 Å². The maximum absolute atomic E-state index is 14.1. The first-order valence-corrected chi connectivity index (χ1v) is 17.6. The summed E-state index contributed by atoms with van der Waals surface area (Å²) in [6.45, 7) is 6.22. The Morgan fingerprint density at radius 1 is 0.918 bits per heavy atom. The lowest BCUT2D eigenvalue weighted by atomic mass is 9.96. The molecule has 4 heterocycles. The number of carbonyl (C=O) groups is 3. The van der Waals surface area contributed by atoms with E-state index in [-0.39, 0.29) is 30.1 Å². The fourth-order valence-corrected chi connectivity index (χ4v) is 8.11. The Morgan fingerprint density at radius 3 is 2.24 bits per heavy atom. The zero-order valence-corrected chi connectivity index (χ0v) is 28.5. The number of nitrogens with zero attached hydrogens (tertiary/aromatic N) is 4. The Bertz CT molecular complexity index is 1510. The van der Waals surface area contributed by atoms with Crippen LogP contribution in [-0.4, -0.2) is 109 Å². The van der Waals surface area contributed by atoms with Crippen LogP contribution in [0.4, 0.5) is 34.1 Å². The highest BCUT2D eigenvalue weighted by molar-refractivity contribution is 5.91. The normalized spacial score (nSPS) is 20.4. The lowest BCUT2D eigenvalue weighted by Gasteiger charge is -2.39. The number of para-hydroxylation sites is 1. The molecule has 0 bridgehead atoms. The van der Waals surface area contributed by atoms with E-state index < -0.39 is 23.8 Å². The standard InChI is InChI=1S/C36H48F3N7O3/c1-24-21-25(22-29(32(24)40-2)36(37,38)39)23-31(33(47)44-16-10-27(11-17-44)43-14-5-6-15-43)42-34(48)45-18-12-28(13-19-45)46-20-9-26-7-3-4-8-30(26)41-35(46)49/h3-4,7-8,21-22,27-28,31,40H,5-6,9-20,23H2,1-2H3,(H,41,49)(H,42,48)/t31-/m1/s1. The fourth-order valence-electron chi connectivity index (χ4n) is 8.11. The molecule has 6 rings (SSSR count). The Morgan fingerprint density at radius 2 is 1.57 bits per heavy atom. The molecule has 3 saturated heterocycles. The molecule has 0 aromatic heterocycles. The van der Waals surface area contributed by atoms with Crippen molar-refractivity contribution in [3.05, 3.63) is 58.7 Å². The number of urea groups is 2. The molecule has 3 fully saturated rings. The van der Waals surface area contributed by atoms with Crippen molar-refractivity contribution < 1.29 is 27.6 Å². The van der Waals surface area contributed by atoms with Gasteiger partial charge in [-0.1, -0.05) is 24.3 Å². The average Bonchev–Trinajstić information content (AvgIpc) is 3.58. The van der Waals surface area contributed by atoms with E-state index in [4.69, 9.17) is 0 Å². The number of aryl methyl sites for hydroxylation is 1. The molecule has 0 spiro atoms. The molecule has 13 heteroatoms. The van der Waals surface area contributed by atoms with Gasteiger partial charge in [-0.2, -0.15) is 13.2 Å². The number of amides is 5. The Balaban J connectivity index is 1.14. The third-order valence-electron chi connectivity index (χ3n) is 10.8. The second-order valence-electron chi connectivity index (χ2n) is 13.8. The van der Waals surface area contributed by atoms with Crippen LogP contribution in [0.3, 0.4) is 0 Å². The van der Waals surface area contributed by atoms with Gasteiger partial charge in [0, 0.05) is 69.7 Å². The second-order valence-corrected chi connectivity index (χ2v) is 13.8. The molecule has 49 heavy (non-hydrogen) atoms. The summed E-state index contributed by atoms with van der Waals surface area (Å²) in [5.41, 5.74) is 1.86. The van der Waals surface area contributed by atoms with Gasteiger partial charge in [0.25, 0.3) is 0 Å². The van der Waals surface area contributed by atoms with Crippen molar-refractivity contribution in [2.45, 2.75) is 82.6 Å². The minimum Gasteiger partial charge on any atom is -0.387 e. The van der Waals surface area contributed by atoms with Gasteiger partial charge in [-0.25, -0.2) is 9.59 Å². The molecule has 2 aromatic carbocycles. The van der Waals surface area contributed by atoms with Crippen LogP contribution in [0.25, 0.3) is 0 Å². The summed E-state index contributed by atoms with van der Waals surface area (Å²) in [5, 5.41) is 8.60. The molecule has 1 atom stereocenters. The van der Waals surface area contributed by atoms with Crippen molar-refractivity contribution in [2.75, 3.05) is 63.5 Å². The molecule has 10 nitrogen and oxygen atoms in total. The fraction of sp³-hybridized carbons (Fsp3) is 0.583. The summed E-state index contributed by atoms with van der Waals surface area (Å²) in [6.07, 6.45) is 1.31. The van der Waals surface area contributed by atoms with Crippen LogP contribution in [0.2, 0.25) is 0 Å². The van der Waals surface area contributed by atoms with E-state index in [2.05, 4.69) is 20.9 Å². The highest BCUT2D eigenvalue weighted by Gasteiger charge is 2.37. The summed E-state index contributed by atoms with van der Waals surface area (Å²) in [4.78, 5) is 48.6. The number of nitrogens with one attached hydrogen (secondary N) is 3. The summed E-state index contributed by atoms with van der Waals surface area (Å²) >= 11 is 0. The van der Waals surface area contributed by atoms with Gasteiger partial charge < -0.3 is 35.6 Å². The van der Waals surface area contributed by atoms with Gasteiger partial charge in [-0.05, 0) is 93.8 Å². The Labute approximate surface area is 286 Å². The smallest absolute Gasteiger partial charge is 0.387 e. The van der Waals surface area contributed by atoms with E-state index in [0.29, 0.717) is 62.7 Å². The number of halogens is 3. The molecule has 4 aliphatic rings. The largest absolute Gasteiger partial charge is 0.418 e. The molecular formula is C36H48F3N7O3. The first-order chi connectivity index (χ1) is 23.5. The lowest BCUT2D eigenvalue weighted by Crippen LogP contribution is -2.57. The number of piperidine rings is 2. The van der Waals surface area contributed by atoms with Crippen LogP contribution in [0.5, 0.6) is 0 Å². The minimum atomic E-state index is -4.59. The summed E-state index contributed by atoms with van der Waals surface area (Å²) in [7, 11) is 1.46. The molecule has 5 amide bonds. The van der Waals surface area contributed by atoms with E-state index in [0.717, 1.165) is 49.7 Å². The number of likely N-dealkylation sites (tertiary alicyclic amines) is 3. The number of hydrogen-bond donors (Lipinski definition) is 3. The van der Waals surface area contributed by atoms with Crippen molar-refractivity contribution >= 4 is 29.3 Å². The predicted octanol–water partition coefficient (Wildman–Crippen LogP) is 5.32. The molecule has 0 unspecified atom stereocenters. The van der Waals surface area contributed by atoms with Crippen molar-refractivity contribution in [3.8, 4) is 0 Å². The van der Waals surface area contributed by atoms with E-state index in [1.807, 2.05) is 29.2 Å². The highest BCUT2D eigenvalue weighted by atomic mass is 19.4. The lowest BCUT2D eigenvalue weighted by molar-refractivity contribution is -0.137. The molecule has 4 aliphatic heterocycles. The predicted molar refractivity (Wildman–Crippen MR) is 183 cm³/mol. The van der Waals surface area contributed by atoms with Gasteiger partial charge in [0.05, 0.1) is 5.56 Å². The zero-order chi connectivity index (χ0) is 34.7. The summed E-state index contributed by atoms with van der Waals surface area (Å²) in [6, 6.07) is 9.30. The van der Waals surface area contributed by atoms with Crippen LogP contribution in [0.1, 0.15) is 60.8 Å². The Hall–Kier alpha value is -4.00. The maximum atomic E-state index is 14.1. The summed E-state index contributed by atoms with van der Waals surface area (Å²) in [5.74, 6) is -0.271. The van der Waals surface area contributed by atoms with Gasteiger partial charge in [0.1, 0.15) is 6.04 Å². The van der Waals surface area contributed by atoms with Crippen molar-refractivity contribution in [2.24, 2.45) is 0 Å². The van der Waals surface area contributed by atoms with Gasteiger partial charge in [0.2, 0.25) is 5.91 Å². The quantitative estimate of drug-likeness (QED) is 0.367. The number of rotatable bonds is 7. The van der Waals surface area contributed by atoms with E-state index in [9.17, 15) is 27.6 Å². The SMILES string of the molecule is CNc1c(C)cc(C[C@@H](NC(=O)N2CCC(N3CCc4ccccc4NC3=O)CC2)C(=O)N2CCC(N3CCCC3)CC2)cc1C(F)(F)F. The van der Waals surface area contributed by atoms with E-state index in [1.165, 1.54) is 19.9 Å². The maximum Gasteiger partial charge on any atom is 0.418 e. The van der Waals surface area contributed by atoms with Crippen molar-refractivity contribution in [3.63, 3.8) is 0 Å². The second kappa shape index (κ2) is 14.9. The monoisotopic (exact) mass is 683 g/mol. The van der Waals surface area contributed by atoms with Gasteiger partial charge in [0.15, 0.2) is 0 Å².